The van der Waals surface area contributed by atoms with Gasteiger partial charge in [-0.3, -0.25) is 4.79 Å². The Morgan fingerprint density at radius 1 is 1.14 bits per heavy atom. The number of esters is 1. The smallest absolute Gasteiger partial charge is 0.341 e. The van der Waals surface area contributed by atoms with Gasteiger partial charge >= 0.3 is 12.0 Å². The van der Waals surface area contributed by atoms with Crippen molar-refractivity contribution >= 4 is 57.3 Å². The molecular formula is C14H14Cl3O4Si-. The molecule has 1 aromatic rings. The van der Waals surface area contributed by atoms with Crippen LogP contribution in [0.15, 0.2) is 30.3 Å². The fourth-order valence-corrected chi connectivity index (χ4v) is 3.44. The molecule has 0 N–H and O–H groups in total. The van der Waals surface area contributed by atoms with E-state index < -0.39 is 12.0 Å². The first-order chi connectivity index (χ1) is 10.3. The van der Waals surface area contributed by atoms with Crippen LogP contribution in [0.25, 0.3) is 6.08 Å². The largest absolute Gasteiger partial charge is 0.545 e. The van der Waals surface area contributed by atoms with Crippen molar-refractivity contribution in [3.63, 3.8) is 0 Å². The third-order valence-corrected chi connectivity index (χ3v) is 5.24. The van der Waals surface area contributed by atoms with Gasteiger partial charge in [-0.15, -0.1) is 33.2 Å². The number of benzene rings is 1. The summed E-state index contributed by atoms with van der Waals surface area (Å²) in [7, 11) is 0. The van der Waals surface area contributed by atoms with Gasteiger partial charge in [0.15, 0.2) is 0 Å². The Bertz CT molecular complexity index is 538. The Hall–Kier alpha value is -1.01. The number of carbonyl (C=O) groups excluding carboxylic acids is 2. The lowest BCUT2D eigenvalue weighted by Gasteiger charge is -2.07. The van der Waals surface area contributed by atoms with Gasteiger partial charge in [-0.05, 0) is 36.2 Å². The van der Waals surface area contributed by atoms with Crippen LogP contribution in [-0.2, 0) is 9.59 Å². The van der Waals surface area contributed by atoms with Gasteiger partial charge in [0.25, 0.3) is 0 Å². The van der Waals surface area contributed by atoms with Gasteiger partial charge in [-0.1, -0.05) is 24.6 Å². The third kappa shape index (κ3) is 9.10. The van der Waals surface area contributed by atoms with E-state index in [1.165, 1.54) is 6.08 Å². The number of carboxylic acids is 1. The van der Waals surface area contributed by atoms with E-state index in [1.54, 1.807) is 24.3 Å². The number of unbranched alkanes of at least 4 members (excludes halogenated alkanes) is 1. The lowest BCUT2D eigenvalue weighted by Crippen LogP contribution is -2.18. The molecule has 0 aliphatic heterocycles. The molecule has 120 valence electrons. The normalized spacial score (nSPS) is 11.6. The molecule has 0 heterocycles. The van der Waals surface area contributed by atoms with Crippen LogP contribution >= 0.6 is 33.2 Å². The van der Waals surface area contributed by atoms with Gasteiger partial charge in [-0.25, -0.2) is 0 Å². The third-order valence-electron chi connectivity index (χ3n) is 2.61. The highest BCUT2D eigenvalue weighted by molar-refractivity contribution is 7.64. The average molecular weight is 381 g/mol. The van der Waals surface area contributed by atoms with E-state index in [0.29, 0.717) is 30.2 Å². The van der Waals surface area contributed by atoms with Crippen molar-refractivity contribution < 1.29 is 19.4 Å². The SMILES string of the molecule is O=C([O-])/C=C/c1ccc(OC(=O)CCCC[Si](Cl)(Cl)Cl)cc1. The molecule has 0 radical (unpaired) electrons. The Balaban J connectivity index is 2.37. The summed E-state index contributed by atoms with van der Waals surface area (Å²) < 4.78 is 5.15. The quantitative estimate of drug-likeness (QED) is 0.173. The minimum absolute atomic E-state index is 0.251. The van der Waals surface area contributed by atoms with Crippen molar-refractivity contribution in [2.24, 2.45) is 0 Å². The van der Waals surface area contributed by atoms with Crippen molar-refractivity contribution in [2.45, 2.75) is 25.3 Å². The number of ether oxygens (including phenoxy) is 1. The second kappa shape index (κ2) is 9.20. The van der Waals surface area contributed by atoms with Crippen LogP contribution in [-0.4, -0.2) is 17.9 Å². The zero-order valence-electron chi connectivity index (χ0n) is 11.6. The maximum atomic E-state index is 11.6. The van der Waals surface area contributed by atoms with Crippen molar-refractivity contribution in [3.8, 4) is 5.75 Å². The number of hydrogen-bond donors (Lipinski definition) is 0. The number of carboxylic acid groups (broad SMARTS) is 1. The molecule has 0 fully saturated rings. The molecule has 0 aliphatic carbocycles. The van der Waals surface area contributed by atoms with Crippen molar-refractivity contribution in [1.82, 2.24) is 0 Å². The molecule has 0 spiro atoms. The Morgan fingerprint density at radius 2 is 1.77 bits per heavy atom. The molecule has 0 aliphatic rings. The number of halogens is 3. The summed E-state index contributed by atoms with van der Waals surface area (Å²) >= 11 is 17.2. The molecule has 0 saturated carbocycles. The second-order valence-electron chi connectivity index (χ2n) is 4.52. The van der Waals surface area contributed by atoms with E-state index in [4.69, 9.17) is 38.0 Å². The molecule has 0 atom stereocenters. The molecule has 0 bridgehead atoms. The first kappa shape index (κ1) is 19.0. The first-order valence-corrected chi connectivity index (χ1v) is 11.8. The van der Waals surface area contributed by atoms with E-state index >= 15 is 0 Å². The molecule has 8 heteroatoms. The van der Waals surface area contributed by atoms with Gasteiger partial charge in [0.1, 0.15) is 5.75 Å². The summed E-state index contributed by atoms with van der Waals surface area (Å²) in [5.41, 5.74) is 0.664. The highest BCUT2D eigenvalue weighted by Gasteiger charge is 2.23. The van der Waals surface area contributed by atoms with E-state index in [9.17, 15) is 14.7 Å². The van der Waals surface area contributed by atoms with Crippen LogP contribution < -0.4 is 9.84 Å². The van der Waals surface area contributed by atoms with Crippen LogP contribution in [0.4, 0.5) is 0 Å². The van der Waals surface area contributed by atoms with Gasteiger partial charge in [-0.2, -0.15) is 0 Å². The van der Waals surface area contributed by atoms with E-state index in [2.05, 4.69) is 0 Å². The predicted molar refractivity (Wildman–Crippen MR) is 88.1 cm³/mol. The second-order valence-corrected chi connectivity index (χ2v) is 13.8. The molecule has 1 aromatic carbocycles. The highest BCUT2D eigenvalue weighted by Crippen LogP contribution is 2.27. The van der Waals surface area contributed by atoms with Crippen LogP contribution in [0.3, 0.4) is 0 Å². The fraction of sp³-hybridized carbons (Fsp3) is 0.286. The zero-order valence-corrected chi connectivity index (χ0v) is 14.8. The first-order valence-electron chi connectivity index (χ1n) is 6.53. The highest BCUT2D eigenvalue weighted by atomic mass is 35.8. The minimum Gasteiger partial charge on any atom is -0.545 e. The fourth-order valence-electron chi connectivity index (χ4n) is 1.59. The molecule has 0 amide bonds. The number of aliphatic carboxylic acids is 1. The van der Waals surface area contributed by atoms with Crippen LogP contribution in [0.1, 0.15) is 24.8 Å². The summed E-state index contributed by atoms with van der Waals surface area (Å²) in [5.74, 6) is -1.23. The molecule has 0 saturated heterocycles. The lowest BCUT2D eigenvalue weighted by molar-refractivity contribution is -0.297. The maximum absolute atomic E-state index is 11.6. The number of hydrogen-bond acceptors (Lipinski definition) is 4. The molecule has 1 rings (SSSR count). The van der Waals surface area contributed by atoms with Crippen molar-refractivity contribution in [3.05, 3.63) is 35.9 Å². The topological polar surface area (TPSA) is 66.4 Å². The monoisotopic (exact) mass is 379 g/mol. The summed E-state index contributed by atoms with van der Waals surface area (Å²) in [5, 5.41) is 10.3. The molecule has 4 nitrogen and oxygen atoms in total. The van der Waals surface area contributed by atoms with Gasteiger partial charge < -0.3 is 14.6 Å². The van der Waals surface area contributed by atoms with Gasteiger partial charge in [0.2, 0.25) is 0 Å². The van der Waals surface area contributed by atoms with E-state index in [1.807, 2.05) is 0 Å². The molecular weight excluding hydrogens is 367 g/mol. The van der Waals surface area contributed by atoms with E-state index in [0.717, 1.165) is 6.08 Å². The Morgan fingerprint density at radius 3 is 2.32 bits per heavy atom. The molecule has 0 unspecified atom stereocenters. The number of carbonyl (C=O) groups is 2. The number of rotatable bonds is 8. The van der Waals surface area contributed by atoms with Crippen molar-refractivity contribution in [1.29, 1.82) is 0 Å². The maximum Gasteiger partial charge on any atom is 0.341 e. The Kier molecular flexibility index (Phi) is 7.96. The standard InChI is InChI=1S/C14H15Cl3O4Si/c15-22(16,17)10-2-1-3-14(20)21-12-7-4-11(5-8-12)6-9-13(18)19/h4-9H,1-3,10H2,(H,18,19)/p-1/b9-6+. The van der Waals surface area contributed by atoms with Crippen molar-refractivity contribution in [2.75, 3.05) is 0 Å². The Labute approximate surface area is 143 Å². The van der Waals surface area contributed by atoms with E-state index in [-0.39, 0.29) is 12.4 Å². The minimum atomic E-state index is -2.61. The zero-order chi connectivity index (χ0) is 16.6. The average Bonchev–Trinajstić information content (AvgIpc) is 2.42. The molecule has 0 aromatic heterocycles. The van der Waals surface area contributed by atoms with Crippen LogP contribution in [0, 0.1) is 0 Å². The lowest BCUT2D eigenvalue weighted by atomic mass is 10.2. The summed E-state index contributed by atoms with van der Waals surface area (Å²) in [6, 6.07) is 4.34. The summed E-state index contributed by atoms with van der Waals surface area (Å²) in [6.07, 6.45) is 3.84. The predicted octanol–water partition coefficient (Wildman–Crippen LogP) is 3.18. The van der Waals surface area contributed by atoms with Gasteiger partial charge in [0, 0.05) is 6.42 Å². The van der Waals surface area contributed by atoms with Crippen LogP contribution in [0.2, 0.25) is 6.04 Å². The van der Waals surface area contributed by atoms with Gasteiger partial charge in [0.05, 0.1) is 5.97 Å². The van der Waals surface area contributed by atoms with Crippen LogP contribution in [0.5, 0.6) is 5.75 Å². The summed E-state index contributed by atoms with van der Waals surface area (Å²) in [4.78, 5) is 21.9. The molecule has 22 heavy (non-hydrogen) atoms. The summed E-state index contributed by atoms with van der Waals surface area (Å²) in [6.45, 7) is 0.